The Kier molecular flexibility index (Phi) is 4.19. The van der Waals surface area contributed by atoms with Crippen LogP contribution in [0.4, 0.5) is 5.69 Å². The maximum absolute atomic E-state index is 12.1. The van der Waals surface area contributed by atoms with Crippen LogP contribution in [0.3, 0.4) is 0 Å². The smallest absolute Gasteiger partial charge is 0.240 e. The van der Waals surface area contributed by atoms with Gasteiger partial charge in [-0.2, -0.15) is 0 Å². The van der Waals surface area contributed by atoms with E-state index in [9.17, 15) is 8.42 Å². The summed E-state index contributed by atoms with van der Waals surface area (Å²) in [6, 6.07) is 7.27. The summed E-state index contributed by atoms with van der Waals surface area (Å²) in [6.07, 6.45) is 4.31. The molecule has 1 aromatic carbocycles. The fourth-order valence-corrected chi connectivity index (χ4v) is 3.88. The molecular weight excluding hydrogens is 288 g/mol. The van der Waals surface area contributed by atoms with Gasteiger partial charge in [0, 0.05) is 24.4 Å². The SMILES string of the molecule is CC(Nc1ccc(S(=O)(=O)NC2CC2)cc1)C1CCCO1. The molecular formula is C15H22N2O3S. The second kappa shape index (κ2) is 5.94. The minimum Gasteiger partial charge on any atom is -0.380 e. The first-order valence-electron chi connectivity index (χ1n) is 7.55. The van der Waals surface area contributed by atoms with Crippen LogP contribution in [-0.4, -0.2) is 33.2 Å². The van der Waals surface area contributed by atoms with Gasteiger partial charge < -0.3 is 10.1 Å². The first-order chi connectivity index (χ1) is 10.0. The summed E-state index contributed by atoms with van der Waals surface area (Å²) in [6.45, 7) is 2.93. The minimum atomic E-state index is -3.36. The molecule has 0 spiro atoms. The third-order valence-corrected chi connectivity index (χ3v) is 5.52. The molecule has 1 aliphatic heterocycles. The Labute approximate surface area is 126 Å². The van der Waals surface area contributed by atoms with Crippen molar-refractivity contribution < 1.29 is 13.2 Å². The van der Waals surface area contributed by atoms with Gasteiger partial charge in [0.2, 0.25) is 10.0 Å². The van der Waals surface area contributed by atoms with Gasteiger partial charge in [0.1, 0.15) is 0 Å². The molecule has 1 aliphatic carbocycles. The van der Waals surface area contributed by atoms with Crippen molar-refractivity contribution in [2.24, 2.45) is 0 Å². The monoisotopic (exact) mass is 310 g/mol. The molecule has 0 bridgehead atoms. The lowest BCUT2D eigenvalue weighted by Crippen LogP contribution is -2.30. The second-order valence-corrected chi connectivity index (χ2v) is 7.62. The lowest BCUT2D eigenvalue weighted by molar-refractivity contribution is 0.0996. The fourth-order valence-electron chi connectivity index (χ4n) is 2.57. The van der Waals surface area contributed by atoms with E-state index >= 15 is 0 Å². The Balaban J connectivity index is 1.63. The molecule has 2 N–H and O–H groups in total. The van der Waals surface area contributed by atoms with Crippen LogP contribution in [0.2, 0.25) is 0 Å². The highest BCUT2D eigenvalue weighted by Gasteiger charge is 2.28. The molecule has 1 saturated carbocycles. The van der Waals surface area contributed by atoms with E-state index in [0.717, 1.165) is 38.0 Å². The highest BCUT2D eigenvalue weighted by molar-refractivity contribution is 7.89. The van der Waals surface area contributed by atoms with Crippen LogP contribution in [0.25, 0.3) is 0 Å². The van der Waals surface area contributed by atoms with Crippen molar-refractivity contribution in [2.45, 2.75) is 55.7 Å². The molecule has 0 amide bonds. The summed E-state index contributed by atoms with van der Waals surface area (Å²) in [4.78, 5) is 0.324. The predicted molar refractivity (Wildman–Crippen MR) is 81.8 cm³/mol. The predicted octanol–water partition coefficient (Wildman–Crippen LogP) is 2.11. The lowest BCUT2D eigenvalue weighted by Gasteiger charge is -2.21. The molecule has 116 valence electrons. The molecule has 2 fully saturated rings. The molecule has 21 heavy (non-hydrogen) atoms. The number of ether oxygens (including phenoxy) is 1. The van der Waals surface area contributed by atoms with Crippen molar-refractivity contribution in [3.05, 3.63) is 24.3 Å². The van der Waals surface area contributed by atoms with Crippen LogP contribution in [0.15, 0.2) is 29.2 Å². The zero-order chi connectivity index (χ0) is 14.9. The van der Waals surface area contributed by atoms with Gasteiger partial charge in [-0.1, -0.05) is 0 Å². The minimum absolute atomic E-state index is 0.132. The second-order valence-electron chi connectivity index (χ2n) is 5.90. The number of nitrogens with one attached hydrogen (secondary N) is 2. The Hall–Kier alpha value is -1.11. The van der Waals surface area contributed by atoms with Crippen molar-refractivity contribution in [3.8, 4) is 0 Å². The van der Waals surface area contributed by atoms with Gasteiger partial charge in [-0.3, -0.25) is 0 Å². The van der Waals surface area contributed by atoms with Crippen molar-refractivity contribution in [3.63, 3.8) is 0 Å². The van der Waals surface area contributed by atoms with Gasteiger partial charge in [0.05, 0.1) is 11.0 Å². The molecule has 2 atom stereocenters. The van der Waals surface area contributed by atoms with Crippen molar-refractivity contribution in [2.75, 3.05) is 11.9 Å². The molecule has 3 rings (SSSR count). The molecule has 0 radical (unpaired) electrons. The van der Waals surface area contributed by atoms with E-state index in [1.807, 2.05) is 12.1 Å². The van der Waals surface area contributed by atoms with Crippen LogP contribution in [0.5, 0.6) is 0 Å². The van der Waals surface area contributed by atoms with Gasteiger partial charge in [-0.15, -0.1) is 0 Å². The number of hydrogen-bond donors (Lipinski definition) is 2. The van der Waals surface area contributed by atoms with Gasteiger partial charge in [-0.25, -0.2) is 13.1 Å². The normalized spacial score (nSPS) is 24.0. The van der Waals surface area contributed by atoms with Gasteiger partial charge in [-0.05, 0) is 56.9 Å². The molecule has 0 aromatic heterocycles. The summed E-state index contributed by atoms with van der Waals surface area (Å²) < 4.78 is 32.5. The van der Waals surface area contributed by atoms with Crippen molar-refractivity contribution in [1.82, 2.24) is 4.72 Å². The third kappa shape index (κ3) is 3.75. The van der Waals surface area contributed by atoms with E-state index in [1.165, 1.54) is 0 Å². The van der Waals surface area contributed by atoms with E-state index in [0.29, 0.717) is 4.90 Å². The largest absolute Gasteiger partial charge is 0.380 e. The van der Waals surface area contributed by atoms with Crippen LogP contribution in [-0.2, 0) is 14.8 Å². The highest BCUT2D eigenvalue weighted by atomic mass is 32.2. The summed E-state index contributed by atoms with van der Waals surface area (Å²) >= 11 is 0. The van der Waals surface area contributed by atoms with Crippen LogP contribution in [0, 0.1) is 0 Å². The first-order valence-corrected chi connectivity index (χ1v) is 9.03. The Morgan fingerprint density at radius 2 is 1.90 bits per heavy atom. The van der Waals surface area contributed by atoms with E-state index < -0.39 is 10.0 Å². The van der Waals surface area contributed by atoms with Crippen molar-refractivity contribution >= 4 is 15.7 Å². The summed E-state index contributed by atoms with van der Waals surface area (Å²) in [5, 5.41) is 3.38. The van der Waals surface area contributed by atoms with E-state index in [2.05, 4.69) is 17.0 Å². The van der Waals surface area contributed by atoms with Crippen LogP contribution in [0.1, 0.15) is 32.6 Å². The van der Waals surface area contributed by atoms with Crippen molar-refractivity contribution in [1.29, 1.82) is 0 Å². The number of rotatable bonds is 6. The maximum Gasteiger partial charge on any atom is 0.240 e. The highest BCUT2D eigenvalue weighted by Crippen LogP contribution is 2.23. The maximum atomic E-state index is 12.1. The van der Waals surface area contributed by atoms with Gasteiger partial charge in [0.15, 0.2) is 0 Å². The number of hydrogen-bond acceptors (Lipinski definition) is 4. The quantitative estimate of drug-likeness (QED) is 0.844. The van der Waals surface area contributed by atoms with E-state index in [-0.39, 0.29) is 18.2 Å². The van der Waals surface area contributed by atoms with Gasteiger partial charge in [0.25, 0.3) is 0 Å². The molecule has 2 unspecified atom stereocenters. The first kappa shape index (κ1) is 14.8. The lowest BCUT2D eigenvalue weighted by atomic mass is 10.1. The van der Waals surface area contributed by atoms with Crippen LogP contribution >= 0.6 is 0 Å². The summed E-state index contributed by atoms with van der Waals surface area (Å²) in [5.41, 5.74) is 0.920. The number of benzene rings is 1. The average molecular weight is 310 g/mol. The molecule has 2 aliphatic rings. The molecule has 1 saturated heterocycles. The molecule has 1 aromatic rings. The molecule has 1 heterocycles. The Bertz CT molecular complexity index is 575. The third-order valence-electron chi connectivity index (χ3n) is 3.98. The summed E-state index contributed by atoms with van der Waals surface area (Å²) in [7, 11) is -3.36. The standard InChI is InChI=1S/C15H22N2O3S/c1-11(15-3-2-10-20-15)16-12-6-8-14(9-7-12)21(18,19)17-13-4-5-13/h6-9,11,13,15-17H,2-5,10H2,1H3. The zero-order valence-corrected chi connectivity index (χ0v) is 13.0. The van der Waals surface area contributed by atoms with E-state index in [1.54, 1.807) is 12.1 Å². The molecule has 5 nitrogen and oxygen atoms in total. The Morgan fingerprint density at radius 3 is 2.48 bits per heavy atom. The number of anilines is 1. The summed E-state index contributed by atoms with van der Waals surface area (Å²) in [5.74, 6) is 0. The zero-order valence-electron chi connectivity index (χ0n) is 12.2. The van der Waals surface area contributed by atoms with E-state index in [4.69, 9.17) is 4.74 Å². The van der Waals surface area contributed by atoms with Gasteiger partial charge >= 0.3 is 0 Å². The average Bonchev–Trinajstić information content (AvgIpc) is 3.08. The topological polar surface area (TPSA) is 67.4 Å². The fraction of sp³-hybridized carbons (Fsp3) is 0.600. The molecule has 6 heteroatoms. The number of sulfonamides is 1. The Morgan fingerprint density at radius 1 is 1.19 bits per heavy atom. The van der Waals surface area contributed by atoms with Crippen LogP contribution < -0.4 is 10.0 Å².